The number of piperidine rings is 1. The zero-order valence-electron chi connectivity index (χ0n) is 20.7. The molecule has 37 heavy (non-hydrogen) atoms. The van der Waals surface area contributed by atoms with E-state index in [1.165, 1.54) is 23.0 Å². The first-order valence-corrected chi connectivity index (χ1v) is 13.1. The highest BCUT2D eigenvalue weighted by Gasteiger charge is 2.52. The molecule has 1 aromatic rings. The Labute approximate surface area is 225 Å². The lowest BCUT2D eigenvalue weighted by molar-refractivity contribution is -0.156. The summed E-state index contributed by atoms with van der Waals surface area (Å²) in [5.41, 5.74) is 0.652. The van der Waals surface area contributed by atoms with Crippen LogP contribution < -0.4 is 0 Å². The van der Waals surface area contributed by atoms with Crippen LogP contribution in [0.5, 0.6) is 0 Å². The van der Waals surface area contributed by atoms with E-state index in [9.17, 15) is 24.3 Å². The lowest BCUT2D eigenvalue weighted by atomic mass is 9.90. The summed E-state index contributed by atoms with van der Waals surface area (Å²) in [5.74, 6) is -1.61. The Morgan fingerprint density at radius 2 is 1.86 bits per heavy atom. The molecule has 2 heterocycles. The van der Waals surface area contributed by atoms with Crippen LogP contribution in [0.1, 0.15) is 37.7 Å². The summed E-state index contributed by atoms with van der Waals surface area (Å²) in [6.07, 6.45) is 4.90. The van der Waals surface area contributed by atoms with Gasteiger partial charge in [0.25, 0.3) is 0 Å². The number of methoxy groups -OCH3 is 1. The molecule has 1 saturated carbocycles. The SMILES string of the molecule is COC(=O)[C@@H](CC(=O)N1CCC2(CC2)[C@H](O)C1)N1CCN(C(=O)/C=C/c2ccc(Cl)c(Cl)c2)CCC1=O. The Kier molecular flexibility index (Phi) is 8.46. The number of aliphatic hydroxyl groups is 1. The van der Waals surface area contributed by atoms with Crippen molar-refractivity contribution in [1.82, 2.24) is 14.7 Å². The molecule has 0 aromatic heterocycles. The van der Waals surface area contributed by atoms with Gasteiger partial charge in [0.2, 0.25) is 17.7 Å². The van der Waals surface area contributed by atoms with Crippen molar-refractivity contribution < 1.29 is 29.0 Å². The third-order valence-electron chi connectivity index (χ3n) is 7.64. The van der Waals surface area contributed by atoms with Crippen LogP contribution in [0.25, 0.3) is 6.08 Å². The van der Waals surface area contributed by atoms with Gasteiger partial charge in [-0.15, -0.1) is 0 Å². The smallest absolute Gasteiger partial charge is 0.329 e. The van der Waals surface area contributed by atoms with Gasteiger partial charge < -0.3 is 24.5 Å². The number of halogens is 2. The largest absolute Gasteiger partial charge is 0.467 e. The molecule has 3 fully saturated rings. The van der Waals surface area contributed by atoms with Crippen molar-refractivity contribution in [2.45, 2.75) is 44.2 Å². The van der Waals surface area contributed by atoms with E-state index in [0.717, 1.165) is 19.3 Å². The molecule has 1 N–H and O–H groups in total. The normalized spacial score (nSPS) is 22.2. The highest BCUT2D eigenvalue weighted by molar-refractivity contribution is 6.42. The summed E-state index contributed by atoms with van der Waals surface area (Å²) in [6.45, 7) is 1.22. The Bertz CT molecular complexity index is 1110. The van der Waals surface area contributed by atoms with Crippen molar-refractivity contribution in [2.24, 2.45) is 5.41 Å². The van der Waals surface area contributed by atoms with Gasteiger partial charge in [-0.25, -0.2) is 4.79 Å². The van der Waals surface area contributed by atoms with Crippen molar-refractivity contribution >= 4 is 53.0 Å². The minimum absolute atomic E-state index is 0.0129. The molecule has 4 rings (SSSR count). The number of esters is 1. The van der Waals surface area contributed by atoms with E-state index < -0.39 is 18.1 Å². The molecule has 3 amide bonds. The summed E-state index contributed by atoms with van der Waals surface area (Å²) in [5, 5.41) is 11.2. The number of benzene rings is 1. The van der Waals surface area contributed by atoms with Gasteiger partial charge in [0, 0.05) is 45.2 Å². The van der Waals surface area contributed by atoms with Gasteiger partial charge in [-0.2, -0.15) is 0 Å². The summed E-state index contributed by atoms with van der Waals surface area (Å²) >= 11 is 12.0. The Morgan fingerprint density at radius 1 is 1.11 bits per heavy atom. The number of β-amino-alcohol motifs (C(OH)–C–C–N with tert-alkyl or cyclic N) is 1. The van der Waals surface area contributed by atoms with Gasteiger partial charge in [0.05, 0.1) is 29.7 Å². The second kappa shape index (κ2) is 11.4. The van der Waals surface area contributed by atoms with Crippen molar-refractivity contribution in [3.8, 4) is 0 Å². The summed E-state index contributed by atoms with van der Waals surface area (Å²) in [4.78, 5) is 55.9. The standard InChI is InChI=1S/C26H31Cl2N3O6/c1-37-25(36)20(15-24(35)30-11-9-26(7-8-26)21(32)16-30)31-13-12-29(10-6-23(31)34)22(33)5-3-17-2-4-18(27)19(28)14-17/h2-5,14,20-21,32H,6-13,15-16H2,1H3/b5-3+/t20-,21-/m1/s1. The van der Waals surface area contributed by atoms with Crippen LogP contribution in [0.15, 0.2) is 24.3 Å². The second-order valence-electron chi connectivity index (χ2n) is 9.88. The van der Waals surface area contributed by atoms with Gasteiger partial charge in [0.1, 0.15) is 6.04 Å². The summed E-state index contributed by atoms with van der Waals surface area (Å²) < 4.78 is 4.92. The van der Waals surface area contributed by atoms with E-state index in [0.29, 0.717) is 22.2 Å². The molecule has 2 aliphatic heterocycles. The van der Waals surface area contributed by atoms with Crippen LogP contribution in [0, 0.1) is 5.41 Å². The number of likely N-dealkylation sites (tertiary alicyclic amines) is 1. The predicted molar refractivity (Wildman–Crippen MR) is 138 cm³/mol. The Hall–Kier alpha value is -2.62. The van der Waals surface area contributed by atoms with Crippen molar-refractivity contribution in [3.05, 3.63) is 39.9 Å². The van der Waals surface area contributed by atoms with E-state index in [-0.39, 0.29) is 62.2 Å². The summed E-state index contributed by atoms with van der Waals surface area (Å²) in [6, 6.07) is 3.92. The van der Waals surface area contributed by atoms with E-state index in [1.54, 1.807) is 29.2 Å². The third kappa shape index (κ3) is 6.27. The van der Waals surface area contributed by atoms with Crippen molar-refractivity contribution in [1.29, 1.82) is 0 Å². The first-order chi connectivity index (χ1) is 17.6. The number of hydrogen-bond acceptors (Lipinski definition) is 6. The van der Waals surface area contributed by atoms with Crippen molar-refractivity contribution in [3.63, 3.8) is 0 Å². The number of amides is 3. The lowest BCUT2D eigenvalue weighted by Crippen LogP contribution is -2.52. The fraction of sp³-hybridized carbons (Fsp3) is 0.538. The zero-order chi connectivity index (χ0) is 26.7. The number of nitrogens with zero attached hydrogens (tertiary/aromatic N) is 3. The number of carbonyl (C=O) groups excluding carboxylic acids is 4. The highest BCUT2D eigenvalue weighted by atomic mass is 35.5. The topological polar surface area (TPSA) is 107 Å². The molecule has 1 spiro atoms. The third-order valence-corrected chi connectivity index (χ3v) is 8.38. The Morgan fingerprint density at radius 3 is 2.51 bits per heavy atom. The average Bonchev–Trinajstić information content (AvgIpc) is 3.69. The predicted octanol–water partition coefficient (Wildman–Crippen LogP) is 2.37. The van der Waals surface area contributed by atoms with Gasteiger partial charge in [0.15, 0.2) is 0 Å². The van der Waals surface area contributed by atoms with Gasteiger partial charge in [-0.1, -0.05) is 29.3 Å². The fourth-order valence-electron chi connectivity index (χ4n) is 5.02. The van der Waals surface area contributed by atoms with Crippen LogP contribution in [-0.4, -0.2) is 95.5 Å². The molecule has 3 aliphatic rings. The quantitative estimate of drug-likeness (QED) is 0.429. The molecule has 200 valence electrons. The Balaban J connectivity index is 1.39. The molecule has 9 nitrogen and oxygen atoms in total. The molecule has 0 unspecified atom stereocenters. The maximum Gasteiger partial charge on any atom is 0.329 e. The van der Waals surface area contributed by atoms with Crippen LogP contribution in [0.3, 0.4) is 0 Å². The lowest BCUT2D eigenvalue weighted by Gasteiger charge is -2.37. The fourth-order valence-corrected chi connectivity index (χ4v) is 5.32. The second-order valence-corrected chi connectivity index (χ2v) is 10.7. The number of aliphatic hydroxyl groups excluding tert-OH is 1. The molecule has 11 heteroatoms. The van der Waals surface area contributed by atoms with Gasteiger partial charge >= 0.3 is 5.97 Å². The van der Waals surface area contributed by atoms with Crippen LogP contribution in [-0.2, 0) is 23.9 Å². The molecule has 1 aliphatic carbocycles. The maximum atomic E-state index is 13.1. The zero-order valence-corrected chi connectivity index (χ0v) is 22.2. The first-order valence-electron chi connectivity index (χ1n) is 12.4. The molecule has 1 aromatic carbocycles. The number of rotatable bonds is 6. The van der Waals surface area contributed by atoms with Crippen LogP contribution >= 0.6 is 23.2 Å². The van der Waals surface area contributed by atoms with Crippen molar-refractivity contribution in [2.75, 3.05) is 39.8 Å². The maximum absolute atomic E-state index is 13.1. The molecule has 0 radical (unpaired) electrons. The van der Waals surface area contributed by atoms with E-state index in [1.807, 2.05) is 0 Å². The monoisotopic (exact) mass is 551 g/mol. The number of carbonyl (C=O) groups is 4. The molecule has 2 atom stereocenters. The van der Waals surface area contributed by atoms with E-state index in [2.05, 4.69) is 0 Å². The average molecular weight is 552 g/mol. The number of ether oxygens (including phenoxy) is 1. The molecular weight excluding hydrogens is 521 g/mol. The number of hydrogen-bond donors (Lipinski definition) is 1. The van der Waals surface area contributed by atoms with Crippen LogP contribution in [0.4, 0.5) is 0 Å². The van der Waals surface area contributed by atoms with Crippen LogP contribution in [0.2, 0.25) is 10.0 Å². The van der Waals surface area contributed by atoms with E-state index in [4.69, 9.17) is 27.9 Å². The highest BCUT2D eigenvalue weighted by Crippen LogP contribution is 2.53. The molecule has 0 bridgehead atoms. The van der Waals surface area contributed by atoms with Gasteiger partial charge in [-0.05, 0) is 48.4 Å². The minimum atomic E-state index is -1.10. The molecule has 2 saturated heterocycles. The summed E-state index contributed by atoms with van der Waals surface area (Å²) in [7, 11) is 1.22. The van der Waals surface area contributed by atoms with Gasteiger partial charge in [-0.3, -0.25) is 14.4 Å². The molecular formula is C26H31Cl2N3O6. The first kappa shape index (κ1) is 27.4. The van der Waals surface area contributed by atoms with E-state index >= 15 is 0 Å². The minimum Gasteiger partial charge on any atom is -0.467 e.